The van der Waals surface area contributed by atoms with Crippen molar-refractivity contribution in [3.8, 4) is 0 Å². The first-order valence-corrected chi connectivity index (χ1v) is 7.49. The second kappa shape index (κ2) is 8.05. The molecule has 5 N–H and O–H groups in total. The molecule has 0 bridgehead atoms. The van der Waals surface area contributed by atoms with Crippen LogP contribution in [0.2, 0.25) is 5.02 Å². The number of nitrogens with zero attached hydrogens (tertiary/aromatic N) is 1. The van der Waals surface area contributed by atoms with E-state index in [1.807, 2.05) is 0 Å². The number of amides is 1. The molecule has 23 heavy (non-hydrogen) atoms. The standard InChI is InChI=1S/C15H18ClFN4O2/c16-12-5-9(1-2-13(12)17)14(8-22)21-15(23)11(3-4-18)10-6-19-20-7-10/h1-2,5-7,11,14,22H,3-4,8,18H2,(H,19,20)(H,21,23). The van der Waals surface area contributed by atoms with E-state index in [1.165, 1.54) is 18.2 Å². The summed E-state index contributed by atoms with van der Waals surface area (Å²) >= 11 is 5.75. The van der Waals surface area contributed by atoms with E-state index in [9.17, 15) is 14.3 Å². The Bertz CT molecular complexity index is 651. The van der Waals surface area contributed by atoms with Gasteiger partial charge in [0.2, 0.25) is 5.91 Å². The zero-order valence-corrected chi connectivity index (χ0v) is 13.1. The van der Waals surface area contributed by atoms with Gasteiger partial charge in [0.1, 0.15) is 5.82 Å². The maximum Gasteiger partial charge on any atom is 0.228 e. The van der Waals surface area contributed by atoms with Gasteiger partial charge in [-0.1, -0.05) is 17.7 Å². The van der Waals surface area contributed by atoms with Gasteiger partial charge in [-0.05, 0) is 30.7 Å². The van der Waals surface area contributed by atoms with E-state index in [4.69, 9.17) is 17.3 Å². The maximum absolute atomic E-state index is 13.2. The van der Waals surface area contributed by atoms with Crippen LogP contribution in [-0.2, 0) is 4.79 Å². The van der Waals surface area contributed by atoms with E-state index in [0.29, 0.717) is 24.1 Å². The van der Waals surface area contributed by atoms with Crippen molar-refractivity contribution in [1.82, 2.24) is 15.5 Å². The Kier molecular flexibility index (Phi) is 6.09. The fraction of sp³-hybridized carbons (Fsp3) is 0.333. The molecular formula is C15H18ClFN4O2. The molecular weight excluding hydrogens is 323 g/mol. The highest BCUT2D eigenvalue weighted by molar-refractivity contribution is 6.30. The smallest absolute Gasteiger partial charge is 0.228 e. The molecule has 0 aliphatic heterocycles. The summed E-state index contributed by atoms with van der Waals surface area (Å²) in [6, 6.07) is 3.36. The van der Waals surface area contributed by atoms with Crippen molar-refractivity contribution < 1.29 is 14.3 Å². The van der Waals surface area contributed by atoms with Gasteiger partial charge < -0.3 is 16.2 Å². The van der Waals surface area contributed by atoms with Crippen molar-refractivity contribution in [1.29, 1.82) is 0 Å². The maximum atomic E-state index is 13.2. The van der Waals surface area contributed by atoms with Crippen LogP contribution >= 0.6 is 11.6 Å². The predicted molar refractivity (Wildman–Crippen MR) is 84.4 cm³/mol. The molecule has 0 spiro atoms. The van der Waals surface area contributed by atoms with E-state index in [0.717, 1.165) is 0 Å². The molecule has 0 aliphatic carbocycles. The number of aromatic amines is 1. The van der Waals surface area contributed by atoms with Crippen molar-refractivity contribution in [3.05, 3.63) is 52.6 Å². The number of carbonyl (C=O) groups is 1. The van der Waals surface area contributed by atoms with Crippen LogP contribution in [0.5, 0.6) is 0 Å². The molecule has 6 nitrogen and oxygen atoms in total. The van der Waals surface area contributed by atoms with Gasteiger partial charge in [0.15, 0.2) is 0 Å². The van der Waals surface area contributed by atoms with Gasteiger partial charge in [-0.2, -0.15) is 5.10 Å². The van der Waals surface area contributed by atoms with E-state index < -0.39 is 17.8 Å². The minimum absolute atomic E-state index is 0.0662. The molecule has 124 valence electrons. The van der Waals surface area contributed by atoms with Crippen LogP contribution < -0.4 is 11.1 Å². The molecule has 1 aromatic carbocycles. The number of aromatic nitrogens is 2. The predicted octanol–water partition coefficient (Wildman–Crippen LogP) is 1.48. The summed E-state index contributed by atoms with van der Waals surface area (Å²) < 4.78 is 13.2. The van der Waals surface area contributed by atoms with Crippen molar-refractivity contribution >= 4 is 17.5 Å². The Morgan fingerprint density at radius 3 is 2.83 bits per heavy atom. The largest absolute Gasteiger partial charge is 0.394 e. The lowest BCUT2D eigenvalue weighted by Gasteiger charge is -2.21. The third-order valence-electron chi connectivity index (χ3n) is 3.54. The zero-order chi connectivity index (χ0) is 16.8. The monoisotopic (exact) mass is 340 g/mol. The van der Waals surface area contributed by atoms with Gasteiger partial charge >= 0.3 is 0 Å². The second-order valence-electron chi connectivity index (χ2n) is 5.08. The minimum atomic E-state index is -0.687. The SMILES string of the molecule is NCCC(C(=O)NC(CO)c1ccc(F)c(Cl)c1)c1cn[nH]c1. The summed E-state index contributed by atoms with van der Waals surface area (Å²) in [7, 11) is 0. The number of rotatable bonds is 7. The Balaban J connectivity index is 2.16. The number of H-pyrrole nitrogens is 1. The highest BCUT2D eigenvalue weighted by Gasteiger charge is 2.24. The fourth-order valence-corrected chi connectivity index (χ4v) is 2.49. The number of aliphatic hydroxyl groups is 1. The topological polar surface area (TPSA) is 104 Å². The number of aliphatic hydroxyl groups excluding tert-OH is 1. The number of carbonyl (C=O) groups excluding carboxylic acids is 1. The van der Waals surface area contributed by atoms with E-state index in [-0.39, 0.29) is 17.5 Å². The van der Waals surface area contributed by atoms with Crippen molar-refractivity contribution in [2.24, 2.45) is 5.73 Å². The second-order valence-corrected chi connectivity index (χ2v) is 5.49. The third-order valence-corrected chi connectivity index (χ3v) is 3.83. The van der Waals surface area contributed by atoms with Gasteiger partial charge in [0.05, 0.1) is 29.8 Å². The molecule has 0 radical (unpaired) electrons. The Morgan fingerprint density at radius 2 is 2.26 bits per heavy atom. The normalized spacial score (nSPS) is 13.6. The van der Waals surface area contributed by atoms with Gasteiger partial charge in [0, 0.05) is 11.8 Å². The highest BCUT2D eigenvalue weighted by Crippen LogP contribution is 2.23. The minimum Gasteiger partial charge on any atom is -0.394 e. The fourth-order valence-electron chi connectivity index (χ4n) is 2.30. The Labute approximate surface area is 137 Å². The van der Waals surface area contributed by atoms with Gasteiger partial charge in [-0.3, -0.25) is 9.89 Å². The molecule has 1 heterocycles. The molecule has 0 saturated carbocycles. The van der Waals surface area contributed by atoms with Crippen molar-refractivity contribution in [2.45, 2.75) is 18.4 Å². The zero-order valence-electron chi connectivity index (χ0n) is 12.3. The quantitative estimate of drug-likeness (QED) is 0.613. The van der Waals surface area contributed by atoms with Crippen LogP contribution in [0.4, 0.5) is 4.39 Å². The number of hydrogen-bond donors (Lipinski definition) is 4. The summed E-state index contributed by atoms with van der Waals surface area (Å²) in [5.74, 6) is -1.34. The highest BCUT2D eigenvalue weighted by atomic mass is 35.5. The van der Waals surface area contributed by atoms with Crippen LogP contribution in [0.1, 0.15) is 29.5 Å². The summed E-state index contributed by atoms with van der Waals surface area (Å²) in [4.78, 5) is 12.5. The third kappa shape index (κ3) is 4.28. The molecule has 2 aromatic rings. The van der Waals surface area contributed by atoms with Crippen LogP contribution in [0.3, 0.4) is 0 Å². The lowest BCUT2D eigenvalue weighted by molar-refractivity contribution is -0.123. The molecule has 0 fully saturated rings. The van der Waals surface area contributed by atoms with Gasteiger partial charge in [-0.25, -0.2) is 4.39 Å². The summed E-state index contributed by atoms with van der Waals surface area (Å²) in [6.45, 7) is -0.0101. The van der Waals surface area contributed by atoms with Crippen LogP contribution in [0, 0.1) is 5.82 Å². The molecule has 0 aliphatic rings. The molecule has 2 unspecified atom stereocenters. The summed E-state index contributed by atoms with van der Waals surface area (Å²) in [6.07, 6.45) is 3.62. The van der Waals surface area contributed by atoms with Gasteiger partial charge in [-0.15, -0.1) is 0 Å². The number of benzene rings is 1. The molecule has 1 aromatic heterocycles. The first kappa shape index (κ1) is 17.4. The van der Waals surface area contributed by atoms with Gasteiger partial charge in [0.25, 0.3) is 0 Å². The molecule has 2 rings (SSSR count). The molecule has 0 saturated heterocycles. The van der Waals surface area contributed by atoms with Crippen molar-refractivity contribution in [3.63, 3.8) is 0 Å². The Morgan fingerprint density at radius 1 is 1.48 bits per heavy atom. The summed E-state index contributed by atoms with van der Waals surface area (Å²) in [5, 5.41) is 18.7. The van der Waals surface area contributed by atoms with E-state index in [2.05, 4.69) is 15.5 Å². The van der Waals surface area contributed by atoms with Crippen molar-refractivity contribution in [2.75, 3.05) is 13.2 Å². The average molecular weight is 341 g/mol. The Hall–Kier alpha value is -1.96. The first-order valence-electron chi connectivity index (χ1n) is 7.11. The average Bonchev–Trinajstić information content (AvgIpc) is 3.06. The lowest BCUT2D eigenvalue weighted by Crippen LogP contribution is -2.35. The lowest BCUT2D eigenvalue weighted by atomic mass is 9.96. The number of hydrogen-bond acceptors (Lipinski definition) is 4. The number of nitrogens with one attached hydrogen (secondary N) is 2. The number of halogens is 2. The summed E-state index contributed by atoms with van der Waals surface area (Å²) in [5.41, 5.74) is 6.79. The number of nitrogens with two attached hydrogens (primary N) is 1. The molecule has 2 atom stereocenters. The first-order chi connectivity index (χ1) is 11.1. The van der Waals surface area contributed by atoms with E-state index in [1.54, 1.807) is 12.4 Å². The van der Waals surface area contributed by atoms with Crippen LogP contribution in [0.25, 0.3) is 0 Å². The van der Waals surface area contributed by atoms with Crippen LogP contribution in [-0.4, -0.2) is 34.4 Å². The van der Waals surface area contributed by atoms with E-state index >= 15 is 0 Å². The molecule has 8 heteroatoms. The van der Waals surface area contributed by atoms with Crippen LogP contribution in [0.15, 0.2) is 30.6 Å². The molecule has 1 amide bonds.